The molecule has 0 aliphatic rings. The van der Waals surface area contributed by atoms with Gasteiger partial charge < -0.3 is 5.11 Å². The summed E-state index contributed by atoms with van der Waals surface area (Å²) >= 11 is 9.94. The highest BCUT2D eigenvalue weighted by molar-refractivity contribution is 8.02. The van der Waals surface area contributed by atoms with Crippen LogP contribution in [0.3, 0.4) is 0 Å². The van der Waals surface area contributed by atoms with Crippen molar-refractivity contribution >= 4 is 52.4 Å². The Bertz CT molecular complexity index is 590. The molecule has 0 bridgehead atoms. The summed E-state index contributed by atoms with van der Waals surface area (Å²) in [6.07, 6.45) is 1.91. The van der Waals surface area contributed by atoms with E-state index in [0.29, 0.717) is 9.37 Å². The zero-order valence-corrected chi connectivity index (χ0v) is 12.2. The van der Waals surface area contributed by atoms with Crippen LogP contribution in [-0.4, -0.2) is 32.5 Å². The van der Waals surface area contributed by atoms with Crippen LogP contribution < -0.4 is 0 Å². The van der Waals surface area contributed by atoms with Gasteiger partial charge in [0.1, 0.15) is 5.03 Å². The van der Waals surface area contributed by atoms with Gasteiger partial charge >= 0.3 is 5.97 Å². The van der Waals surface area contributed by atoms with Crippen LogP contribution in [0.4, 0.5) is 0 Å². The van der Waals surface area contributed by atoms with Crippen LogP contribution >= 0.6 is 46.5 Å². The summed E-state index contributed by atoms with van der Waals surface area (Å²) in [5, 5.41) is 17.5. The number of aromatic carboxylic acids is 1. The summed E-state index contributed by atoms with van der Waals surface area (Å²) in [6, 6.07) is 3.16. The number of pyridine rings is 1. The van der Waals surface area contributed by atoms with Crippen molar-refractivity contribution < 1.29 is 9.90 Å². The summed E-state index contributed by atoms with van der Waals surface area (Å²) < 4.78 is 1.57. The molecule has 0 unspecified atom stereocenters. The molecule has 2 heterocycles. The van der Waals surface area contributed by atoms with E-state index in [2.05, 4.69) is 15.2 Å². The molecule has 0 atom stereocenters. The highest BCUT2D eigenvalue weighted by Crippen LogP contribution is 2.32. The number of rotatable bonds is 4. The molecule has 0 aliphatic carbocycles. The molecule has 5 nitrogen and oxygen atoms in total. The van der Waals surface area contributed by atoms with Gasteiger partial charge in [-0.25, -0.2) is 9.78 Å². The minimum atomic E-state index is -1.15. The van der Waals surface area contributed by atoms with Crippen LogP contribution in [0.25, 0.3) is 0 Å². The fourth-order valence-electron chi connectivity index (χ4n) is 1.04. The van der Waals surface area contributed by atoms with E-state index in [1.807, 2.05) is 6.26 Å². The molecule has 0 saturated heterocycles. The Labute approximate surface area is 120 Å². The maximum atomic E-state index is 10.9. The monoisotopic (exact) mass is 319 g/mol. The second-order valence-electron chi connectivity index (χ2n) is 2.93. The quantitative estimate of drug-likeness (QED) is 0.867. The number of nitrogens with zero attached hydrogens (tertiary/aromatic N) is 3. The molecule has 0 radical (unpaired) electrons. The van der Waals surface area contributed by atoms with Gasteiger partial charge in [0.05, 0.1) is 5.02 Å². The van der Waals surface area contributed by atoms with Gasteiger partial charge in [-0.3, -0.25) is 0 Å². The summed E-state index contributed by atoms with van der Waals surface area (Å²) in [7, 11) is 0. The Morgan fingerprint density at radius 1 is 1.39 bits per heavy atom. The summed E-state index contributed by atoms with van der Waals surface area (Å²) in [6.45, 7) is 0. The van der Waals surface area contributed by atoms with Crippen molar-refractivity contribution in [1.29, 1.82) is 0 Å². The standard InChI is InChI=1S/C9H6ClN3O2S3/c1-16-8-12-13-9(18-8)17-5-3-2-4(10)6(11-5)7(14)15/h2-3H,1H3,(H,14,15). The van der Waals surface area contributed by atoms with Crippen molar-refractivity contribution in [3.05, 3.63) is 22.8 Å². The maximum absolute atomic E-state index is 10.9. The van der Waals surface area contributed by atoms with E-state index in [-0.39, 0.29) is 10.7 Å². The van der Waals surface area contributed by atoms with Gasteiger partial charge in [-0.05, 0) is 30.2 Å². The lowest BCUT2D eigenvalue weighted by Crippen LogP contribution is -2.01. The number of hydrogen-bond donors (Lipinski definition) is 1. The third-order valence-electron chi connectivity index (χ3n) is 1.78. The van der Waals surface area contributed by atoms with E-state index in [9.17, 15) is 4.79 Å². The van der Waals surface area contributed by atoms with Crippen molar-refractivity contribution in [2.75, 3.05) is 6.26 Å². The van der Waals surface area contributed by atoms with Gasteiger partial charge in [-0.15, -0.1) is 10.2 Å². The van der Waals surface area contributed by atoms with Crippen LogP contribution in [0, 0.1) is 0 Å². The molecule has 0 aromatic carbocycles. The predicted octanol–water partition coefficient (Wildman–Crippen LogP) is 3.16. The van der Waals surface area contributed by atoms with E-state index >= 15 is 0 Å². The highest BCUT2D eigenvalue weighted by Gasteiger charge is 2.13. The van der Waals surface area contributed by atoms with Gasteiger partial charge in [0, 0.05) is 0 Å². The molecule has 0 aliphatic heterocycles. The molecule has 2 rings (SSSR count). The lowest BCUT2D eigenvalue weighted by Gasteiger charge is -2.00. The number of carboxylic acid groups (broad SMARTS) is 1. The van der Waals surface area contributed by atoms with E-state index in [0.717, 1.165) is 4.34 Å². The van der Waals surface area contributed by atoms with Crippen LogP contribution in [0.5, 0.6) is 0 Å². The van der Waals surface area contributed by atoms with Gasteiger partial charge in [-0.1, -0.05) is 34.7 Å². The smallest absolute Gasteiger partial charge is 0.356 e. The number of aromatic nitrogens is 3. The molecule has 0 fully saturated rings. The number of carboxylic acids is 1. The predicted molar refractivity (Wildman–Crippen MR) is 72.0 cm³/mol. The molecule has 2 aromatic rings. The molecular formula is C9H6ClN3O2S3. The zero-order chi connectivity index (χ0) is 13.1. The van der Waals surface area contributed by atoms with E-state index < -0.39 is 5.97 Å². The molecule has 9 heteroatoms. The van der Waals surface area contributed by atoms with E-state index in [4.69, 9.17) is 16.7 Å². The third kappa shape index (κ3) is 3.14. The van der Waals surface area contributed by atoms with Gasteiger partial charge in [0.15, 0.2) is 14.4 Å². The highest BCUT2D eigenvalue weighted by atomic mass is 35.5. The number of carbonyl (C=O) groups is 1. The van der Waals surface area contributed by atoms with Crippen LogP contribution in [0.2, 0.25) is 5.02 Å². The average molecular weight is 320 g/mol. The maximum Gasteiger partial charge on any atom is 0.356 e. The van der Waals surface area contributed by atoms with Gasteiger partial charge in [0.2, 0.25) is 0 Å². The minimum Gasteiger partial charge on any atom is -0.476 e. The van der Waals surface area contributed by atoms with Crippen LogP contribution in [0.1, 0.15) is 10.5 Å². The topological polar surface area (TPSA) is 76.0 Å². The Kier molecular flexibility index (Phi) is 4.44. The lowest BCUT2D eigenvalue weighted by atomic mass is 10.3. The second kappa shape index (κ2) is 5.87. The Balaban J connectivity index is 2.24. The molecule has 18 heavy (non-hydrogen) atoms. The largest absolute Gasteiger partial charge is 0.476 e. The Morgan fingerprint density at radius 3 is 2.72 bits per heavy atom. The molecule has 0 amide bonds. The fourth-order valence-corrected chi connectivity index (χ4v) is 3.58. The molecule has 94 valence electrons. The molecule has 0 spiro atoms. The van der Waals surface area contributed by atoms with Crippen molar-refractivity contribution in [2.24, 2.45) is 0 Å². The second-order valence-corrected chi connectivity index (χ2v) is 6.63. The first-order valence-corrected chi connectivity index (χ1v) is 7.79. The van der Waals surface area contributed by atoms with Gasteiger partial charge in [0.25, 0.3) is 0 Å². The third-order valence-corrected chi connectivity index (χ3v) is 4.97. The number of halogens is 1. The van der Waals surface area contributed by atoms with E-state index in [1.54, 1.807) is 6.07 Å². The molecule has 2 aromatic heterocycles. The zero-order valence-electron chi connectivity index (χ0n) is 8.95. The normalized spacial score (nSPS) is 10.6. The van der Waals surface area contributed by atoms with E-state index in [1.165, 1.54) is 40.9 Å². The molecular weight excluding hydrogens is 314 g/mol. The number of thioether (sulfide) groups is 1. The van der Waals surface area contributed by atoms with Crippen molar-refractivity contribution in [2.45, 2.75) is 13.7 Å². The van der Waals surface area contributed by atoms with Crippen molar-refractivity contribution in [3.8, 4) is 0 Å². The molecule has 1 N–H and O–H groups in total. The number of hydrogen-bond acceptors (Lipinski definition) is 7. The SMILES string of the molecule is CSc1nnc(Sc2ccc(Cl)c(C(=O)O)n2)s1. The van der Waals surface area contributed by atoms with Crippen LogP contribution in [0.15, 0.2) is 25.8 Å². The Morgan fingerprint density at radius 2 is 2.11 bits per heavy atom. The summed E-state index contributed by atoms with van der Waals surface area (Å²) in [4.78, 5) is 14.9. The first kappa shape index (κ1) is 13.6. The minimum absolute atomic E-state index is 0.119. The first-order chi connectivity index (χ1) is 8.60. The van der Waals surface area contributed by atoms with Crippen molar-refractivity contribution in [3.63, 3.8) is 0 Å². The van der Waals surface area contributed by atoms with Gasteiger partial charge in [-0.2, -0.15) is 0 Å². The van der Waals surface area contributed by atoms with Crippen LogP contribution in [-0.2, 0) is 0 Å². The first-order valence-electron chi connectivity index (χ1n) is 4.55. The molecule has 0 saturated carbocycles. The average Bonchev–Trinajstić information content (AvgIpc) is 2.79. The lowest BCUT2D eigenvalue weighted by molar-refractivity contribution is 0.0690. The summed E-state index contributed by atoms with van der Waals surface area (Å²) in [5.74, 6) is -1.15. The fraction of sp³-hybridized carbons (Fsp3) is 0.111. The Hall–Kier alpha value is -0.830. The van der Waals surface area contributed by atoms with Crippen molar-refractivity contribution in [1.82, 2.24) is 15.2 Å². The summed E-state index contributed by atoms with van der Waals surface area (Å²) in [5.41, 5.74) is -0.156.